The summed E-state index contributed by atoms with van der Waals surface area (Å²) in [4.78, 5) is 2.74. The minimum absolute atomic E-state index is 0.120. The number of hydrogen-bond acceptors (Lipinski definition) is 4. The highest BCUT2D eigenvalue weighted by atomic mass is 32.2. The van der Waals surface area contributed by atoms with Gasteiger partial charge in [-0.15, -0.1) is 0 Å². The molecule has 1 heterocycles. The van der Waals surface area contributed by atoms with Crippen molar-refractivity contribution in [1.82, 2.24) is 4.90 Å². The van der Waals surface area contributed by atoms with Crippen LogP contribution in [0.25, 0.3) is 0 Å². The van der Waals surface area contributed by atoms with Crippen molar-refractivity contribution in [2.45, 2.75) is 38.2 Å². The largest absolute Gasteiger partial charge is 0.375 e. The molecule has 0 aromatic heterocycles. The molecule has 1 aliphatic rings. The van der Waals surface area contributed by atoms with Crippen molar-refractivity contribution in [2.24, 2.45) is 5.41 Å². The van der Waals surface area contributed by atoms with Crippen LogP contribution in [0.3, 0.4) is 0 Å². The Bertz CT molecular complexity index is 563. The molecule has 0 N–H and O–H groups in total. The summed E-state index contributed by atoms with van der Waals surface area (Å²) >= 11 is 0. The van der Waals surface area contributed by atoms with Gasteiger partial charge in [-0.1, -0.05) is 39.0 Å². The van der Waals surface area contributed by atoms with Gasteiger partial charge in [-0.05, 0) is 30.5 Å². The van der Waals surface area contributed by atoms with Crippen LogP contribution >= 0.6 is 0 Å². The summed E-state index contributed by atoms with van der Waals surface area (Å²) in [5.74, 6) is 0.203. The molecule has 0 bridgehead atoms. The number of morpholine rings is 1. The van der Waals surface area contributed by atoms with Gasteiger partial charge in [-0.2, -0.15) is 0 Å². The van der Waals surface area contributed by atoms with Crippen LogP contribution in [0.15, 0.2) is 35.2 Å². The van der Waals surface area contributed by atoms with Gasteiger partial charge in [0.1, 0.15) is 0 Å². The van der Waals surface area contributed by atoms with Crippen LogP contribution in [0.4, 0.5) is 0 Å². The van der Waals surface area contributed by atoms with E-state index in [9.17, 15) is 8.42 Å². The van der Waals surface area contributed by atoms with Crippen LogP contribution in [0, 0.1) is 5.41 Å². The Labute approximate surface area is 134 Å². The third-order valence-electron chi connectivity index (χ3n) is 4.11. The maximum atomic E-state index is 12.3. The molecule has 5 heteroatoms. The zero-order valence-electron chi connectivity index (χ0n) is 13.8. The third kappa shape index (κ3) is 4.80. The highest BCUT2D eigenvalue weighted by Crippen LogP contribution is 2.25. The number of hydrogen-bond donors (Lipinski definition) is 0. The molecule has 4 nitrogen and oxygen atoms in total. The molecule has 1 aliphatic heterocycles. The van der Waals surface area contributed by atoms with E-state index in [0.29, 0.717) is 11.3 Å². The van der Waals surface area contributed by atoms with Gasteiger partial charge in [0.2, 0.25) is 0 Å². The molecule has 124 valence electrons. The fourth-order valence-electron chi connectivity index (χ4n) is 2.65. The van der Waals surface area contributed by atoms with Crippen LogP contribution in [-0.4, -0.2) is 51.4 Å². The van der Waals surface area contributed by atoms with Crippen LogP contribution in [-0.2, 0) is 14.6 Å². The maximum absolute atomic E-state index is 12.3. The van der Waals surface area contributed by atoms with E-state index in [0.717, 1.165) is 26.2 Å². The van der Waals surface area contributed by atoms with E-state index in [2.05, 4.69) is 25.7 Å². The lowest BCUT2D eigenvalue weighted by atomic mass is 9.88. The molecular formula is C17H27NO3S. The Morgan fingerprint density at radius 2 is 1.91 bits per heavy atom. The van der Waals surface area contributed by atoms with Gasteiger partial charge in [-0.25, -0.2) is 8.42 Å². The number of benzene rings is 1. The standard InChI is InChI=1S/C17H27NO3S/c1-17(2,3)16-14-18(11-12-21-16)10-7-13-22(19,20)15-8-5-4-6-9-15/h4-6,8-9,16H,7,10-14H2,1-3H3/t16-/m0/s1. The first-order chi connectivity index (χ1) is 10.3. The summed E-state index contributed by atoms with van der Waals surface area (Å²) in [7, 11) is -3.16. The molecule has 0 radical (unpaired) electrons. The topological polar surface area (TPSA) is 46.6 Å². The zero-order valence-corrected chi connectivity index (χ0v) is 14.6. The average molecular weight is 325 g/mol. The fourth-order valence-corrected chi connectivity index (χ4v) is 3.97. The number of sulfone groups is 1. The Morgan fingerprint density at radius 3 is 2.55 bits per heavy atom. The Kier molecular flexibility index (Phi) is 5.64. The highest BCUT2D eigenvalue weighted by molar-refractivity contribution is 7.91. The predicted molar refractivity (Wildman–Crippen MR) is 88.7 cm³/mol. The van der Waals surface area contributed by atoms with Crippen LogP contribution in [0.1, 0.15) is 27.2 Å². The van der Waals surface area contributed by atoms with Crippen LogP contribution in [0.5, 0.6) is 0 Å². The summed E-state index contributed by atoms with van der Waals surface area (Å²) in [6.07, 6.45) is 0.876. The van der Waals surface area contributed by atoms with Gasteiger partial charge in [-0.3, -0.25) is 4.90 Å². The molecule has 22 heavy (non-hydrogen) atoms. The summed E-state index contributed by atoms with van der Waals surface area (Å²) in [5.41, 5.74) is 0.120. The third-order valence-corrected chi connectivity index (χ3v) is 5.92. The minimum atomic E-state index is -3.16. The molecule has 0 aliphatic carbocycles. The van der Waals surface area contributed by atoms with E-state index < -0.39 is 9.84 Å². The smallest absolute Gasteiger partial charge is 0.178 e. The molecule has 0 spiro atoms. The van der Waals surface area contributed by atoms with Gasteiger partial charge in [0.25, 0.3) is 0 Å². The lowest BCUT2D eigenvalue weighted by Gasteiger charge is -2.39. The first-order valence-corrected chi connectivity index (χ1v) is 9.56. The van der Waals surface area contributed by atoms with Crippen molar-refractivity contribution in [3.8, 4) is 0 Å². The van der Waals surface area contributed by atoms with E-state index >= 15 is 0 Å². The molecule has 2 rings (SSSR count). The van der Waals surface area contributed by atoms with E-state index in [1.807, 2.05) is 6.07 Å². The quantitative estimate of drug-likeness (QED) is 0.835. The number of rotatable bonds is 5. The lowest BCUT2D eigenvalue weighted by Crippen LogP contribution is -2.48. The molecular weight excluding hydrogens is 298 g/mol. The summed E-state index contributed by atoms with van der Waals surface area (Å²) in [6, 6.07) is 8.70. The first kappa shape index (κ1) is 17.4. The van der Waals surface area contributed by atoms with Crippen LogP contribution in [0.2, 0.25) is 0 Å². The normalized spacial score (nSPS) is 21.0. The Morgan fingerprint density at radius 1 is 1.23 bits per heavy atom. The van der Waals surface area contributed by atoms with Crippen LogP contribution < -0.4 is 0 Å². The zero-order chi connectivity index (χ0) is 16.2. The van der Waals surface area contributed by atoms with Crippen molar-refractivity contribution < 1.29 is 13.2 Å². The molecule has 0 amide bonds. The minimum Gasteiger partial charge on any atom is -0.375 e. The molecule has 1 aromatic carbocycles. The number of ether oxygens (including phenoxy) is 1. The molecule has 1 saturated heterocycles. The van der Waals surface area contributed by atoms with Crippen molar-refractivity contribution in [3.05, 3.63) is 30.3 Å². The highest BCUT2D eigenvalue weighted by Gasteiger charge is 2.30. The van der Waals surface area contributed by atoms with E-state index in [1.165, 1.54) is 0 Å². The Balaban J connectivity index is 1.84. The van der Waals surface area contributed by atoms with Crippen molar-refractivity contribution in [3.63, 3.8) is 0 Å². The van der Waals surface area contributed by atoms with Crippen molar-refractivity contribution in [1.29, 1.82) is 0 Å². The summed E-state index contributed by atoms with van der Waals surface area (Å²) < 4.78 is 30.3. The summed E-state index contributed by atoms with van der Waals surface area (Å²) in [5, 5.41) is 0. The molecule has 0 unspecified atom stereocenters. The van der Waals surface area contributed by atoms with Crippen molar-refractivity contribution in [2.75, 3.05) is 32.0 Å². The lowest BCUT2D eigenvalue weighted by molar-refractivity contribution is -0.0792. The Hall–Kier alpha value is -0.910. The van der Waals surface area contributed by atoms with Gasteiger partial charge in [0.15, 0.2) is 9.84 Å². The first-order valence-electron chi connectivity index (χ1n) is 7.91. The van der Waals surface area contributed by atoms with Gasteiger partial charge < -0.3 is 4.74 Å². The van der Waals surface area contributed by atoms with E-state index in [4.69, 9.17) is 4.74 Å². The maximum Gasteiger partial charge on any atom is 0.178 e. The predicted octanol–water partition coefficient (Wildman–Crippen LogP) is 2.60. The second kappa shape index (κ2) is 7.11. The van der Waals surface area contributed by atoms with Gasteiger partial charge in [0.05, 0.1) is 23.4 Å². The van der Waals surface area contributed by atoms with Gasteiger partial charge >= 0.3 is 0 Å². The van der Waals surface area contributed by atoms with E-state index in [-0.39, 0.29) is 17.3 Å². The average Bonchev–Trinajstić information content (AvgIpc) is 2.47. The van der Waals surface area contributed by atoms with Crippen molar-refractivity contribution >= 4 is 9.84 Å². The monoisotopic (exact) mass is 325 g/mol. The summed E-state index contributed by atoms with van der Waals surface area (Å²) in [6.45, 7) is 9.85. The second-order valence-corrected chi connectivity index (χ2v) is 9.12. The molecule has 1 atom stereocenters. The second-order valence-electron chi connectivity index (χ2n) is 7.01. The van der Waals surface area contributed by atoms with Gasteiger partial charge in [0, 0.05) is 13.1 Å². The number of nitrogens with zero attached hydrogens (tertiary/aromatic N) is 1. The molecule has 1 fully saturated rings. The molecule has 1 aromatic rings. The fraction of sp³-hybridized carbons (Fsp3) is 0.647. The van der Waals surface area contributed by atoms with E-state index in [1.54, 1.807) is 24.3 Å². The molecule has 0 saturated carbocycles. The SMILES string of the molecule is CC(C)(C)[C@@H]1CN(CCCS(=O)(=O)c2ccccc2)CCO1.